The van der Waals surface area contributed by atoms with Crippen LogP contribution in [0.1, 0.15) is 10.9 Å². The fourth-order valence-corrected chi connectivity index (χ4v) is 3.71. The molecule has 1 fully saturated rings. The number of anilines is 2. The molecule has 2 aromatic rings. The van der Waals surface area contributed by atoms with E-state index < -0.39 is 0 Å². The van der Waals surface area contributed by atoms with E-state index in [-0.39, 0.29) is 11.9 Å². The zero-order chi connectivity index (χ0) is 17.8. The number of carbonyl (C=O) groups excluding carboxylic acids is 1. The monoisotopic (exact) mass is 360 g/mol. The van der Waals surface area contributed by atoms with Crippen LogP contribution >= 0.6 is 11.3 Å². The van der Waals surface area contributed by atoms with E-state index in [1.807, 2.05) is 18.0 Å². The van der Waals surface area contributed by atoms with Crippen molar-refractivity contribution in [1.82, 2.24) is 19.8 Å². The Morgan fingerprint density at radius 2 is 2.20 bits per heavy atom. The summed E-state index contributed by atoms with van der Waals surface area (Å²) in [6, 6.07) is 6.42. The first-order chi connectivity index (χ1) is 12.0. The Hall–Kier alpha value is -2.19. The smallest absolute Gasteiger partial charge is 0.241 e. The second kappa shape index (κ2) is 7.79. The Morgan fingerprint density at radius 1 is 1.36 bits per heavy atom. The molecule has 3 rings (SSSR count). The van der Waals surface area contributed by atoms with Gasteiger partial charge in [-0.25, -0.2) is 9.97 Å². The third kappa shape index (κ3) is 4.26. The molecule has 7 nitrogen and oxygen atoms in total. The molecular weight excluding hydrogens is 336 g/mol. The van der Waals surface area contributed by atoms with Crippen molar-refractivity contribution in [1.29, 1.82) is 0 Å². The van der Waals surface area contributed by atoms with E-state index >= 15 is 0 Å². The molecule has 25 heavy (non-hydrogen) atoms. The highest BCUT2D eigenvalue weighted by atomic mass is 32.1. The first kappa shape index (κ1) is 17.6. The summed E-state index contributed by atoms with van der Waals surface area (Å²) in [5.74, 6) is 1.68. The van der Waals surface area contributed by atoms with Gasteiger partial charge in [-0.05, 0) is 25.5 Å². The summed E-state index contributed by atoms with van der Waals surface area (Å²) in [5.41, 5.74) is 0. The minimum atomic E-state index is 0.115. The van der Waals surface area contributed by atoms with Gasteiger partial charge in [-0.3, -0.25) is 4.79 Å². The van der Waals surface area contributed by atoms with Gasteiger partial charge in [0.15, 0.2) is 0 Å². The predicted molar refractivity (Wildman–Crippen MR) is 101 cm³/mol. The van der Waals surface area contributed by atoms with Gasteiger partial charge in [0, 0.05) is 37.6 Å². The molecule has 0 bridgehead atoms. The molecule has 1 saturated heterocycles. The SMILES string of the molecule is CN1CCN(c2cc(NCC(c3cccs3)N(C)C)ncn2)CC1=O. The van der Waals surface area contributed by atoms with Gasteiger partial charge in [-0.15, -0.1) is 11.3 Å². The fourth-order valence-electron chi connectivity index (χ4n) is 2.79. The molecule has 1 aliphatic rings. The van der Waals surface area contributed by atoms with Gasteiger partial charge >= 0.3 is 0 Å². The zero-order valence-electron chi connectivity index (χ0n) is 14.8. The largest absolute Gasteiger partial charge is 0.368 e. The second-order valence-corrected chi connectivity index (χ2v) is 7.35. The molecule has 0 aliphatic carbocycles. The summed E-state index contributed by atoms with van der Waals surface area (Å²) in [7, 11) is 5.99. The van der Waals surface area contributed by atoms with Crippen LogP contribution < -0.4 is 10.2 Å². The molecular formula is C17H24N6OS. The lowest BCUT2D eigenvalue weighted by Crippen LogP contribution is -2.48. The number of carbonyl (C=O) groups is 1. The Labute approximate surface area is 152 Å². The highest BCUT2D eigenvalue weighted by Crippen LogP contribution is 2.24. The molecule has 8 heteroatoms. The van der Waals surface area contributed by atoms with Crippen molar-refractivity contribution in [2.75, 3.05) is 57.5 Å². The Bertz CT molecular complexity index is 705. The quantitative estimate of drug-likeness (QED) is 0.843. The first-order valence-electron chi connectivity index (χ1n) is 8.29. The Morgan fingerprint density at radius 3 is 2.88 bits per heavy atom. The number of amides is 1. The molecule has 0 spiro atoms. The standard InChI is InChI=1S/C17H24N6OS/c1-21(2)13(14-5-4-8-25-14)10-18-15-9-16(20-12-19-15)23-7-6-22(3)17(24)11-23/h4-5,8-9,12-13H,6-7,10-11H2,1-3H3,(H,18,19,20). The van der Waals surface area contributed by atoms with E-state index in [2.05, 4.69) is 51.8 Å². The summed E-state index contributed by atoms with van der Waals surface area (Å²) in [5, 5.41) is 5.50. The molecule has 134 valence electrons. The number of rotatable bonds is 6. The number of aromatic nitrogens is 2. The summed E-state index contributed by atoms with van der Waals surface area (Å²) in [4.78, 5) is 27.8. The van der Waals surface area contributed by atoms with Crippen LogP contribution in [0.2, 0.25) is 0 Å². The number of hydrogen-bond acceptors (Lipinski definition) is 7. The van der Waals surface area contributed by atoms with Gasteiger partial charge in [-0.2, -0.15) is 0 Å². The van der Waals surface area contributed by atoms with Crippen LogP contribution in [0.5, 0.6) is 0 Å². The van der Waals surface area contributed by atoms with Crippen molar-refractivity contribution in [2.45, 2.75) is 6.04 Å². The summed E-state index contributed by atoms with van der Waals surface area (Å²) in [6.45, 7) is 2.62. The number of nitrogens with zero attached hydrogens (tertiary/aromatic N) is 5. The van der Waals surface area contributed by atoms with Gasteiger partial charge in [0.1, 0.15) is 18.0 Å². The minimum Gasteiger partial charge on any atom is -0.368 e. The second-order valence-electron chi connectivity index (χ2n) is 6.37. The third-order valence-electron chi connectivity index (χ3n) is 4.41. The number of thiophene rings is 1. The van der Waals surface area contributed by atoms with E-state index in [1.54, 1.807) is 22.6 Å². The van der Waals surface area contributed by atoms with Gasteiger partial charge in [0.25, 0.3) is 0 Å². The molecule has 1 aliphatic heterocycles. The average molecular weight is 360 g/mol. The molecule has 1 unspecified atom stereocenters. The van der Waals surface area contributed by atoms with Crippen LogP contribution in [-0.4, -0.2) is 73.0 Å². The van der Waals surface area contributed by atoms with Crippen LogP contribution in [0.3, 0.4) is 0 Å². The van der Waals surface area contributed by atoms with E-state index in [9.17, 15) is 4.79 Å². The molecule has 0 radical (unpaired) electrons. The number of piperazine rings is 1. The van der Waals surface area contributed by atoms with Crippen LogP contribution in [-0.2, 0) is 4.79 Å². The maximum Gasteiger partial charge on any atom is 0.241 e. The van der Waals surface area contributed by atoms with Crippen LogP contribution in [0.25, 0.3) is 0 Å². The van der Waals surface area contributed by atoms with Gasteiger partial charge in [-0.1, -0.05) is 6.07 Å². The highest BCUT2D eigenvalue weighted by Gasteiger charge is 2.22. The normalized spacial score (nSPS) is 16.4. The van der Waals surface area contributed by atoms with Crippen LogP contribution in [0.4, 0.5) is 11.6 Å². The molecule has 0 aromatic carbocycles. The van der Waals surface area contributed by atoms with E-state index in [1.165, 1.54) is 4.88 Å². The zero-order valence-corrected chi connectivity index (χ0v) is 15.7. The minimum absolute atomic E-state index is 0.115. The number of hydrogen-bond donors (Lipinski definition) is 1. The van der Waals surface area contributed by atoms with Crippen LogP contribution in [0.15, 0.2) is 29.9 Å². The third-order valence-corrected chi connectivity index (χ3v) is 5.38. The van der Waals surface area contributed by atoms with Crippen molar-refractivity contribution < 1.29 is 4.79 Å². The number of nitrogens with one attached hydrogen (secondary N) is 1. The van der Waals surface area contributed by atoms with Crippen molar-refractivity contribution in [3.63, 3.8) is 0 Å². The topological polar surface area (TPSA) is 64.6 Å². The predicted octanol–water partition coefficient (Wildman–Crippen LogP) is 1.53. The molecule has 1 amide bonds. The van der Waals surface area contributed by atoms with Crippen molar-refractivity contribution >= 4 is 28.9 Å². The lowest BCUT2D eigenvalue weighted by molar-refractivity contribution is -0.129. The van der Waals surface area contributed by atoms with E-state index in [0.717, 1.165) is 24.7 Å². The van der Waals surface area contributed by atoms with E-state index in [4.69, 9.17) is 0 Å². The summed E-state index contributed by atoms with van der Waals surface area (Å²) in [6.07, 6.45) is 1.55. The van der Waals surface area contributed by atoms with Gasteiger partial charge in [0.05, 0.1) is 12.6 Å². The molecule has 1 N–H and O–H groups in total. The van der Waals surface area contributed by atoms with Crippen molar-refractivity contribution in [3.05, 3.63) is 34.8 Å². The van der Waals surface area contributed by atoms with Crippen molar-refractivity contribution in [2.24, 2.45) is 0 Å². The Balaban J connectivity index is 1.66. The van der Waals surface area contributed by atoms with Gasteiger partial charge < -0.3 is 20.0 Å². The molecule has 1 atom stereocenters. The Kier molecular flexibility index (Phi) is 5.50. The maximum atomic E-state index is 11.9. The highest BCUT2D eigenvalue weighted by molar-refractivity contribution is 7.10. The molecule has 2 aromatic heterocycles. The fraction of sp³-hybridized carbons (Fsp3) is 0.471. The summed E-state index contributed by atoms with van der Waals surface area (Å²) < 4.78 is 0. The van der Waals surface area contributed by atoms with Crippen molar-refractivity contribution in [3.8, 4) is 0 Å². The first-order valence-corrected chi connectivity index (χ1v) is 9.17. The molecule has 0 saturated carbocycles. The lowest BCUT2D eigenvalue weighted by atomic mass is 10.2. The number of likely N-dealkylation sites (N-methyl/N-ethyl adjacent to an activating group) is 2. The van der Waals surface area contributed by atoms with E-state index in [0.29, 0.717) is 13.1 Å². The van der Waals surface area contributed by atoms with Crippen LogP contribution in [0, 0.1) is 0 Å². The average Bonchev–Trinajstić information content (AvgIpc) is 3.12. The van der Waals surface area contributed by atoms with Gasteiger partial charge in [0.2, 0.25) is 5.91 Å². The molecule has 3 heterocycles. The lowest BCUT2D eigenvalue weighted by Gasteiger charge is -2.32. The maximum absolute atomic E-state index is 11.9. The summed E-state index contributed by atoms with van der Waals surface area (Å²) >= 11 is 1.76.